The van der Waals surface area contributed by atoms with E-state index in [1.807, 2.05) is 19.9 Å². The number of nitrogens with zero attached hydrogens (tertiary/aromatic N) is 6. The molecule has 0 fully saturated rings. The van der Waals surface area contributed by atoms with Crippen LogP contribution in [0.4, 0.5) is 45.5 Å². The molecule has 0 unspecified atom stereocenters. The van der Waals surface area contributed by atoms with Crippen molar-refractivity contribution >= 4 is 55.6 Å². The second-order valence-corrected chi connectivity index (χ2v) is 10.4. The molecule has 0 atom stereocenters. The number of rotatable bonds is 7. The Kier molecular flexibility index (Phi) is 7.98. The van der Waals surface area contributed by atoms with E-state index in [4.69, 9.17) is 16.0 Å². The SMILES string of the molecule is Cc1cc(C)c(O)c(N=Nc2cc(N=Nc3ccc(N=Nc4ccc(S(=O)(=O)O)cc4)cc3C)c(N)cc2N)c1. The largest absolute Gasteiger partial charge is 0.505 e. The molecule has 4 aromatic rings. The number of azo groups is 3. The molecule has 0 saturated heterocycles. The van der Waals surface area contributed by atoms with Crippen LogP contribution in [0, 0.1) is 20.8 Å². The molecule has 0 bridgehead atoms. The van der Waals surface area contributed by atoms with Crippen LogP contribution in [0.15, 0.2) is 102 Å². The maximum Gasteiger partial charge on any atom is 0.294 e. The Morgan fingerprint density at radius 1 is 0.600 bits per heavy atom. The van der Waals surface area contributed by atoms with Crippen molar-refractivity contribution in [1.82, 2.24) is 0 Å². The number of hydrogen-bond acceptors (Lipinski definition) is 11. The minimum absolute atomic E-state index is 0.0387. The van der Waals surface area contributed by atoms with Gasteiger partial charge in [-0.15, -0.1) is 15.3 Å². The second-order valence-electron chi connectivity index (χ2n) is 8.96. The molecule has 0 aliphatic heterocycles. The van der Waals surface area contributed by atoms with E-state index < -0.39 is 10.1 Å². The maximum absolute atomic E-state index is 11.2. The van der Waals surface area contributed by atoms with Crippen molar-refractivity contribution in [3.63, 3.8) is 0 Å². The van der Waals surface area contributed by atoms with Crippen LogP contribution in [0.2, 0.25) is 0 Å². The molecule has 0 spiro atoms. The van der Waals surface area contributed by atoms with Gasteiger partial charge in [0.25, 0.3) is 10.1 Å². The number of nitrogen functional groups attached to an aromatic ring is 2. The van der Waals surface area contributed by atoms with Crippen molar-refractivity contribution in [1.29, 1.82) is 0 Å². The van der Waals surface area contributed by atoms with E-state index >= 15 is 0 Å². The lowest BCUT2D eigenvalue weighted by atomic mass is 10.1. The molecule has 0 amide bonds. The van der Waals surface area contributed by atoms with Crippen molar-refractivity contribution in [2.75, 3.05) is 11.5 Å². The predicted molar refractivity (Wildman–Crippen MR) is 153 cm³/mol. The highest BCUT2D eigenvalue weighted by Crippen LogP contribution is 2.38. The first kappa shape index (κ1) is 28.0. The Balaban J connectivity index is 1.53. The molecule has 0 aliphatic rings. The Morgan fingerprint density at radius 3 is 1.75 bits per heavy atom. The summed E-state index contributed by atoms with van der Waals surface area (Å²) in [6, 6.07) is 17.1. The van der Waals surface area contributed by atoms with Crippen LogP contribution in [-0.2, 0) is 10.1 Å². The van der Waals surface area contributed by atoms with Crippen molar-refractivity contribution in [3.8, 4) is 5.75 Å². The molecule has 13 heteroatoms. The fourth-order valence-corrected chi connectivity index (χ4v) is 4.11. The first-order valence-corrected chi connectivity index (χ1v) is 13.3. The average molecular weight is 559 g/mol. The predicted octanol–water partition coefficient (Wildman–Crippen LogP) is 7.97. The molecule has 204 valence electrons. The highest BCUT2D eigenvalue weighted by Gasteiger charge is 2.10. The van der Waals surface area contributed by atoms with Crippen molar-refractivity contribution < 1.29 is 18.1 Å². The zero-order chi connectivity index (χ0) is 29.0. The van der Waals surface area contributed by atoms with Crippen LogP contribution >= 0.6 is 0 Å². The molecule has 0 saturated carbocycles. The molecule has 4 aromatic carbocycles. The number of benzene rings is 4. The summed E-state index contributed by atoms with van der Waals surface area (Å²) >= 11 is 0. The van der Waals surface area contributed by atoms with Crippen LogP contribution in [0.5, 0.6) is 5.75 Å². The molecule has 6 N–H and O–H groups in total. The van der Waals surface area contributed by atoms with E-state index in [1.165, 1.54) is 30.3 Å². The molecule has 4 rings (SSSR count). The van der Waals surface area contributed by atoms with E-state index in [2.05, 4.69) is 30.7 Å². The lowest BCUT2D eigenvalue weighted by Crippen LogP contribution is -1.96. The number of phenolic OH excluding ortho intramolecular Hbond substituents is 1. The van der Waals surface area contributed by atoms with Crippen LogP contribution in [-0.4, -0.2) is 18.1 Å². The van der Waals surface area contributed by atoms with Gasteiger partial charge in [0.15, 0.2) is 0 Å². The fraction of sp³-hybridized carbons (Fsp3) is 0.111. The lowest BCUT2D eigenvalue weighted by Gasteiger charge is -2.06. The Hall–Kier alpha value is -5.01. The quantitative estimate of drug-likeness (QED) is 0.100. The van der Waals surface area contributed by atoms with Crippen molar-refractivity contribution in [2.24, 2.45) is 30.7 Å². The van der Waals surface area contributed by atoms with Gasteiger partial charge < -0.3 is 16.6 Å². The summed E-state index contributed by atoms with van der Waals surface area (Å²) in [6.45, 7) is 5.51. The summed E-state index contributed by atoms with van der Waals surface area (Å²) < 4.78 is 31.4. The zero-order valence-corrected chi connectivity index (χ0v) is 22.6. The van der Waals surface area contributed by atoms with Gasteiger partial charge in [-0.3, -0.25) is 4.55 Å². The number of phenols is 1. The highest BCUT2D eigenvalue weighted by atomic mass is 32.2. The van der Waals surface area contributed by atoms with Gasteiger partial charge >= 0.3 is 0 Å². The van der Waals surface area contributed by atoms with Crippen molar-refractivity contribution in [2.45, 2.75) is 25.7 Å². The average Bonchev–Trinajstić information content (AvgIpc) is 2.89. The third-order valence-corrected chi connectivity index (χ3v) is 6.60. The fourth-order valence-electron chi connectivity index (χ4n) is 3.63. The number of aromatic hydroxyl groups is 1. The maximum atomic E-state index is 11.2. The Labute approximate surface area is 230 Å². The molecule has 0 radical (unpaired) electrons. The first-order valence-electron chi connectivity index (χ1n) is 11.8. The Morgan fingerprint density at radius 2 is 1.15 bits per heavy atom. The first-order chi connectivity index (χ1) is 18.9. The zero-order valence-electron chi connectivity index (χ0n) is 21.8. The van der Waals surface area contributed by atoms with Gasteiger partial charge in [0.2, 0.25) is 0 Å². The van der Waals surface area contributed by atoms with Gasteiger partial charge in [-0.05, 0) is 98.1 Å². The Bertz CT molecular complexity index is 1780. The van der Waals surface area contributed by atoms with Crippen LogP contribution in [0.3, 0.4) is 0 Å². The summed E-state index contributed by atoms with van der Waals surface area (Å²) in [5.74, 6) is 0.0387. The summed E-state index contributed by atoms with van der Waals surface area (Å²) in [4.78, 5) is -0.227. The monoisotopic (exact) mass is 558 g/mol. The third kappa shape index (κ3) is 6.70. The molecule has 12 nitrogen and oxygen atoms in total. The second kappa shape index (κ2) is 11.4. The summed E-state index contributed by atoms with van der Waals surface area (Å²) in [6.07, 6.45) is 0. The molecular weight excluding hydrogens is 532 g/mol. The topological polar surface area (TPSA) is 201 Å². The van der Waals surface area contributed by atoms with E-state index in [-0.39, 0.29) is 10.6 Å². The third-order valence-electron chi connectivity index (χ3n) is 5.73. The number of hydrogen-bond donors (Lipinski definition) is 4. The van der Waals surface area contributed by atoms with Gasteiger partial charge in [-0.25, -0.2) is 0 Å². The van der Waals surface area contributed by atoms with Gasteiger partial charge in [0.1, 0.15) is 22.8 Å². The number of aryl methyl sites for hydroxylation is 3. The summed E-state index contributed by atoms with van der Waals surface area (Å²) in [5.41, 5.74) is 17.6. The molecule has 0 heterocycles. The molecule has 40 heavy (non-hydrogen) atoms. The molecule has 0 aliphatic carbocycles. The minimum Gasteiger partial charge on any atom is -0.505 e. The standard InChI is InChI=1S/C27H26N8O4S/c1-15-10-17(3)27(36)26(11-15)35-34-25-14-24(21(28)13-22(25)29)33-32-23-9-6-19(12-16(23)2)31-30-18-4-7-20(8-5-18)40(37,38)39/h4-14,36H,28-29H2,1-3H3,(H,37,38,39). The van der Waals surface area contributed by atoms with Gasteiger partial charge in [-0.1, -0.05) is 6.07 Å². The van der Waals surface area contributed by atoms with Crippen LogP contribution < -0.4 is 11.5 Å². The van der Waals surface area contributed by atoms with E-state index in [9.17, 15) is 13.5 Å². The summed E-state index contributed by atoms with van der Waals surface area (Å²) in [7, 11) is -4.27. The molecule has 0 aromatic heterocycles. The van der Waals surface area contributed by atoms with Crippen molar-refractivity contribution in [3.05, 3.63) is 83.4 Å². The number of anilines is 2. The van der Waals surface area contributed by atoms with Gasteiger partial charge in [0, 0.05) is 0 Å². The van der Waals surface area contributed by atoms with Crippen LogP contribution in [0.25, 0.3) is 0 Å². The normalized spacial score (nSPS) is 12.2. The van der Waals surface area contributed by atoms with E-state index in [0.717, 1.165) is 11.1 Å². The van der Waals surface area contributed by atoms with E-state index in [0.29, 0.717) is 51.1 Å². The van der Waals surface area contributed by atoms with Gasteiger partial charge in [0.05, 0.1) is 33.3 Å². The smallest absolute Gasteiger partial charge is 0.294 e. The number of nitrogens with two attached hydrogens (primary N) is 2. The molecular formula is C27H26N8O4S. The van der Waals surface area contributed by atoms with E-state index in [1.54, 1.807) is 37.3 Å². The van der Waals surface area contributed by atoms with Crippen LogP contribution in [0.1, 0.15) is 16.7 Å². The summed E-state index contributed by atoms with van der Waals surface area (Å²) in [5, 5.41) is 35.4. The van der Waals surface area contributed by atoms with Gasteiger partial charge in [-0.2, -0.15) is 23.8 Å². The highest BCUT2D eigenvalue weighted by molar-refractivity contribution is 7.85. The minimum atomic E-state index is -4.27. The lowest BCUT2D eigenvalue weighted by molar-refractivity contribution is 0.472.